The van der Waals surface area contributed by atoms with Gasteiger partial charge in [0.2, 0.25) is 5.91 Å². The predicted molar refractivity (Wildman–Crippen MR) is 100 cm³/mol. The van der Waals surface area contributed by atoms with Gasteiger partial charge in [0.25, 0.3) is 0 Å². The van der Waals surface area contributed by atoms with Crippen molar-refractivity contribution < 1.29 is 22.7 Å². The van der Waals surface area contributed by atoms with Crippen LogP contribution in [0.3, 0.4) is 0 Å². The van der Waals surface area contributed by atoms with Crippen LogP contribution < -0.4 is 0 Å². The lowest BCUT2D eigenvalue weighted by Crippen LogP contribution is -2.40. The summed E-state index contributed by atoms with van der Waals surface area (Å²) in [5, 5.41) is 0. The Morgan fingerprint density at radius 2 is 1.86 bits per heavy atom. The van der Waals surface area contributed by atoms with Gasteiger partial charge in [-0.25, -0.2) is 4.98 Å². The number of rotatable bonds is 3. The van der Waals surface area contributed by atoms with Crippen LogP contribution in [0.25, 0.3) is 11.0 Å². The Bertz CT molecular complexity index is 921. The first-order valence-electron chi connectivity index (χ1n) is 10.4. The number of alkyl halides is 3. The highest BCUT2D eigenvalue weighted by Crippen LogP contribution is 2.39. The van der Waals surface area contributed by atoms with Crippen LogP contribution in [0.5, 0.6) is 0 Å². The maximum absolute atomic E-state index is 13.2. The van der Waals surface area contributed by atoms with Crippen LogP contribution in [0.1, 0.15) is 62.1 Å². The molecule has 1 unspecified atom stereocenters. The van der Waals surface area contributed by atoms with Crippen LogP contribution in [0.2, 0.25) is 0 Å². The second kappa shape index (κ2) is 7.00. The van der Waals surface area contributed by atoms with Crippen LogP contribution in [0.15, 0.2) is 18.2 Å². The van der Waals surface area contributed by atoms with E-state index >= 15 is 0 Å². The molecule has 29 heavy (non-hydrogen) atoms. The Kier molecular flexibility index (Phi) is 4.57. The highest BCUT2D eigenvalue weighted by atomic mass is 19.4. The fraction of sp³-hybridized carbons (Fsp3) is 0.619. The van der Waals surface area contributed by atoms with Crippen LogP contribution in [-0.4, -0.2) is 40.1 Å². The van der Waals surface area contributed by atoms with E-state index in [2.05, 4.69) is 9.55 Å². The average Bonchev–Trinajstić information content (AvgIpc) is 3.27. The first kappa shape index (κ1) is 18.9. The number of hydrogen-bond acceptors (Lipinski definition) is 3. The van der Waals surface area contributed by atoms with Crippen molar-refractivity contribution in [1.29, 1.82) is 0 Å². The van der Waals surface area contributed by atoms with Gasteiger partial charge in [0.15, 0.2) is 0 Å². The van der Waals surface area contributed by atoms with Gasteiger partial charge in [0.05, 0.1) is 16.6 Å². The topological polar surface area (TPSA) is 47.4 Å². The van der Waals surface area contributed by atoms with E-state index in [4.69, 9.17) is 4.74 Å². The van der Waals surface area contributed by atoms with Gasteiger partial charge < -0.3 is 14.2 Å². The van der Waals surface area contributed by atoms with Crippen molar-refractivity contribution in [1.82, 2.24) is 14.5 Å². The standard InChI is InChI=1S/C21H24F3N3O2/c22-21(23,24)14-5-6-17-16(12-14)25-19(18-2-1-11-29-18)27(17)15-7-9-26(10-8-15)20(28)13-3-4-13/h5-6,12-13,15,18H,1-4,7-11H2. The summed E-state index contributed by atoms with van der Waals surface area (Å²) < 4.78 is 47.4. The van der Waals surface area contributed by atoms with Crippen molar-refractivity contribution in [3.63, 3.8) is 0 Å². The molecule has 0 radical (unpaired) electrons. The smallest absolute Gasteiger partial charge is 0.370 e. The van der Waals surface area contributed by atoms with Gasteiger partial charge in [-0.05, 0) is 56.7 Å². The second-order valence-electron chi connectivity index (χ2n) is 8.37. The number of nitrogens with zero attached hydrogens (tertiary/aromatic N) is 3. The van der Waals surface area contributed by atoms with Crippen LogP contribution >= 0.6 is 0 Å². The molecule has 1 aliphatic carbocycles. The van der Waals surface area contributed by atoms with E-state index < -0.39 is 11.7 Å². The van der Waals surface area contributed by atoms with E-state index in [9.17, 15) is 18.0 Å². The number of carbonyl (C=O) groups is 1. The van der Waals surface area contributed by atoms with E-state index in [-0.39, 0.29) is 24.0 Å². The van der Waals surface area contributed by atoms with Crippen molar-refractivity contribution in [2.24, 2.45) is 5.92 Å². The van der Waals surface area contributed by atoms with E-state index in [0.29, 0.717) is 25.2 Å². The molecule has 1 amide bonds. The van der Waals surface area contributed by atoms with Crippen LogP contribution in [0.4, 0.5) is 13.2 Å². The number of halogens is 3. The summed E-state index contributed by atoms with van der Waals surface area (Å²) in [7, 11) is 0. The molecule has 5 rings (SSSR count). The molecule has 3 fully saturated rings. The van der Waals surface area contributed by atoms with Crippen molar-refractivity contribution in [2.75, 3.05) is 19.7 Å². The van der Waals surface area contributed by atoms with Crippen LogP contribution in [-0.2, 0) is 15.7 Å². The zero-order valence-corrected chi connectivity index (χ0v) is 16.1. The summed E-state index contributed by atoms with van der Waals surface area (Å²) in [6.07, 6.45) is 0.740. The highest BCUT2D eigenvalue weighted by Gasteiger charge is 2.37. The van der Waals surface area contributed by atoms with Crippen molar-refractivity contribution in [3.05, 3.63) is 29.6 Å². The van der Waals surface area contributed by atoms with Gasteiger partial charge in [0, 0.05) is 31.7 Å². The third-order valence-corrected chi connectivity index (χ3v) is 6.33. The first-order valence-corrected chi connectivity index (χ1v) is 10.4. The van der Waals surface area contributed by atoms with E-state index in [0.717, 1.165) is 62.0 Å². The molecule has 3 heterocycles. The maximum atomic E-state index is 13.2. The van der Waals surface area contributed by atoms with Crippen molar-refractivity contribution >= 4 is 16.9 Å². The molecule has 0 bridgehead atoms. The second-order valence-corrected chi connectivity index (χ2v) is 8.37. The minimum atomic E-state index is -4.39. The van der Waals surface area contributed by atoms with E-state index in [1.54, 1.807) is 0 Å². The molecule has 8 heteroatoms. The number of piperidine rings is 1. The Labute approximate surface area is 166 Å². The van der Waals surface area contributed by atoms with Gasteiger partial charge in [-0.1, -0.05) is 0 Å². The third kappa shape index (κ3) is 3.52. The summed E-state index contributed by atoms with van der Waals surface area (Å²) >= 11 is 0. The number of aromatic nitrogens is 2. The molecule has 3 aliphatic rings. The zero-order chi connectivity index (χ0) is 20.2. The largest absolute Gasteiger partial charge is 0.416 e. The van der Waals surface area contributed by atoms with Gasteiger partial charge in [-0.15, -0.1) is 0 Å². The molecule has 5 nitrogen and oxygen atoms in total. The maximum Gasteiger partial charge on any atom is 0.416 e. The molecule has 1 atom stereocenters. The summed E-state index contributed by atoms with van der Waals surface area (Å²) in [5.41, 5.74) is 0.399. The summed E-state index contributed by atoms with van der Waals surface area (Å²) in [6.45, 7) is 2.02. The molecule has 2 aliphatic heterocycles. The minimum absolute atomic E-state index is 0.110. The fourth-order valence-electron chi connectivity index (χ4n) is 4.62. The molecule has 2 saturated heterocycles. The number of fused-ring (bicyclic) bond motifs is 1. The fourth-order valence-corrected chi connectivity index (χ4v) is 4.62. The van der Waals surface area contributed by atoms with Crippen molar-refractivity contribution in [2.45, 2.75) is 56.8 Å². The predicted octanol–water partition coefficient (Wildman–Crippen LogP) is 4.48. The number of hydrogen-bond donors (Lipinski definition) is 0. The zero-order valence-electron chi connectivity index (χ0n) is 16.1. The third-order valence-electron chi connectivity index (χ3n) is 6.33. The Morgan fingerprint density at radius 3 is 2.48 bits per heavy atom. The molecule has 0 N–H and O–H groups in total. The molecule has 1 saturated carbocycles. The quantitative estimate of drug-likeness (QED) is 0.754. The molecule has 156 valence electrons. The monoisotopic (exact) mass is 407 g/mol. The van der Waals surface area contributed by atoms with Gasteiger partial charge >= 0.3 is 6.18 Å². The lowest BCUT2D eigenvalue weighted by Gasteiger charge is -2.34. The molecular weight excluding hydrogens is 383 g/mol. The molecule has 1 aromatic heterocycles. The minimum Gasteiger partial charge on any atom is -0.370 e. The normalized spacial score (nSPS) is 23.8. The van der Waals surface area contributed by atoms with Gasteiger partial charge in [0.1, 0.15) is 11.9 Å². The van der Waals surface area contributed by atoms with Gasteiger partial charge in [-0.3, -0.25) is 4.79 Å². The van der Waals surface area contributed by atoms with Crippen LogP contribution in [0, 0.1) is 5.92 Å². The Balaban J connectivity index is 1.48. The summed E-state index contributed by atoms with van der Waals surface area (Å²) in [4.78, 5) is 18.9. The Hall–Kier alpha value is -2.09. The van der Waals surface area contributed by atoms with Gasteiger partial charge in [-0.2, -0.15) is 13.2 Å². The van der Waals surface area contributed by atoms with E-state index in [1.807, 2.05) is 4.90 Å². The lowest BCUT2D eigenvalue weighted by atomic mass is 10.0. The number of ether oxygens (including phenoxy) is 1. The number of carbonyl (C=O) groups excluding carboxylic acids is 1. The van der Waals surface area contributed by atoms with Crippen molar-refractivity contribution in [3.8, 4) is 0 Å². The Morgan fingerprint density at radius 1 is 1.10 bits per heavy atom. The van der Waals surface area contributed by atoms with E-state index in [1.165, 1.54) is 6.07 Å². The number of imidazole rings is 1. The first-order chi connectivity index (χ1) is 13.9. The SMILES string of the molecule is O=C(C1CC1)N1CCC(n2c(C3CCCO3)nc3cc(C(F)(F)F)ccc32)CC1. The molecule has 1 aromatic carbocycles. The average molecular weight is 407 g/mol. The molecule has 2 aromatic rings. The summed E-state index contributed by atoms with van der Waals surface area (Å²) in [5.74, 6) is 1.20. The number of likely N-dealkylation sites (tertiary alicyclic amines) is 1. The number of amides is 1. The summed E-state index contributed by atoms with van der Waals surface area (Å²) in [6, 6.07) is 3.91. The molecular formula is C21H24F3N3O2. The molecule has 0 spiro atoms. The lowest BCUT2D eigenvalue weighted by molar-refractivity contribution is -0.137. The number of benzene rings is 1. The highest BCUT2D eigenvalue weighted by molar-refractivity contribution is 5.81.